The van der Waals surface area contributed by atoms with Gasteiger partial charge in [0, 0.05) is 42.3 Å². The van der Waals surface area contributed by atoms with Crippen LogP contribution in [0.2, 0.25) is 0 Å². The molecule has 130 valence electrons. The van der Waals surface area contributed by atoms with Crippen LogP contribution in [0.1, 0.15) is 16.8 Å². The number of hydrogen-bond donors (Lipinski definition) is 3. The second-order valence-corrected chi connectivity index (χ2v) is 5.94. The molecule has 0 unspecified atom stereocenters. The van der Waals surface area contributed by atoms with Crippen LogP contribution in [0.3, 0.4) is 0 Å². The molecule has 0 spiro atoms. The summed E-state index contributed by atoms with van der Waals surface area (Å²) in [5.74, 6) is 1.15. The van der Waals surface area contributed by atoms with Gasteiger partial charge in [-0.2, -0.15) is 0 Å². The van der Waals surface area contributed by atoms with E-state index in [4.69, 9.17) is 0 Å². The van der Waals surface area contributed by atoms with Gasteiger partial charge in [0.15, 0.2) is 0 Å². The summed E-state index contributed by atoms with van der Waals surface area (Å²) >= 11 is 0. The molecular formula is C19H18N6O. The van der Waals surface area contributed by atoms with Crippen molar-refractivity contribution >= 4 is 23.4 Å². The number of nitrogens with one attached hydrogen (secondary N) is 3. The molecule has 4 rings (SSSR count). The Morgan fingerprint density at radius 2 is 1.77 bits per heavy atom. The number of carbonyl (C=O) groups is 1. The lowest BCUT2D eigenvalue weighted by molar-refractivity contribution is 0.0953. The molecule has 26 heavy (non-hydrogen) atoms. The van der Waals surface area contributed by atoms with Gasteiger partial charge in [-0.15, -0.1) is 0 Å². The number of rotatable bonds is 0. The Balaban J connectivity index is 1.72. The monoisotopic (exact) mass is 346 g/mol. The lowest BCUT2D eigenvalue weighted by Crippen LogP contribution is -2.26. The topological polar surface area (TPSA) is 91.8 Å². The zero-order chi connectivity index (χ0) is 17.8. The van der Waals surface area contributed by atoms with E-state index in [0.717, 1.165) is 29.2 Å². The quantitative estimate of drug-likeness (QED) is 0.580. The fourth-order valence-electron chi connectivity index (χ4n) is 2.74. The third-order valence-electron chi connectivity index (χ3n) is 4.04. The van der Waals surface area contributed by atoms with E-state index in [1.165, 1.54) is 0 Å². The first-order valence-electron chi connectivity index (χ1n) is 8.46. The first-order chi connectivity index (χ1) is 12.8. The molecular weight excluding hydrogens is 328 g/mol. The minimum atomic E-state index is -0.101. The van der Waals surface area contributed by atoms with Crippen molar-refractivity contribution in [3.05, 3.63) is 60.4 Å². The number of benzene rings is 1. The number of fused-ring (bicyclic) bond motifs is 7. The number of hydrogen-bond acceptors (Lipinski definition) is 6. The Morgan fingerprint density at radius 3 is 2.73 bits per heavy atom. The molecule has 0 fully saturated rings. The number of amides is 1. The van der Waals surface area contributed by atoms with E-state index < -0.39 is 0 Å². The van der Waals surface area contributed by atoms with Gasteiger partial charge in [-0.05, 0) is 42.8 Å². The van der Waals surface area contributed by atoms with Crippen LogP contribution in [0.5, 0.6) is 0 Å². The molecule has 3 heterocycles. The summed E-state index contributed by atoms with van der Waals surface area (Å²) in [6.45, 7) is 1.30. The zero-order valence-corrected chi connectivity index (χ0v) is 14.1. The summed E-state index contributed by atoms with van der Waals surface area (Å²) < 4.78 is 0. The van der Waals surface area contributed by atoms with Crippen molar-refractivity contribution < 1.29 is 4.79 Å². The van der Waals surface area contributed by atoms with E-state index >= 15 is 0 Å². The van der Waals surface area contributed by atoms with E-state index in [-0.39, 0.29) is 5.91 Å². The van der Waals surface area contributed by atoms with Gasteiger partial charge in [-0.1, -0.05) is 6.07 Å². The van der Waals surface area contributed by atoms with Gasteiger partial charge in [-0.3, -0.25) is 4.79 Å². The largest absolute Gasteiger partial charge is 0.370 e. The summed E-state index contributed by atoms with van der Waals surface area (Å²) in [6, 6.07) is 13.0. The maximum atomic E-state index is 12.3. The van der Waals surface area contributed by atoms with E-state index in [0.29, 0.717) is 24.6 Å². The van der Waals surface area contributed by atoms with E-state index in [2.05, 4.69) is 30.9 Å². The highest BCUT2D eigenvalue weighted by Crippen LogP contribution is 2.21. The van der Waals surface area contributed by atoms with Crippen molar-refractivity contribution in [1.29, 1.82) is 0 Å². The second kappa shape index (κ2) is 7.18. The van der Waals surface area contributed by atoms with E-state index in [9.17, 15) is 4.79 Å². The minimum absolute atomic E-state index is 0.101. The van der Waals surface area contributed by atoms with Crippen LogP contribution in [0.4, 0.5) is 17.5 Å². The molecule has 3 N–H and O–H groups in total. The van der Waals surface area contributed by atoms with Crippen molar-refractivity contribution in [2.45, 2.75) is 6.42 Å². The van der Waals surface area contributed by atoms with Crippen molar-refractivity contribution in [2.75, 3.05) is 23.7 Å². The molecule has 7 nitrogen and oxygen atoms in total. The Morgan fingerprint density at radius 1 is 0.885 bits per heavy atom. The summed E-state index contributed by atoms with van der Waals surface area (Å²) in [7, 11) is 0. The predicted octanol–water partition coefficient (Wildman–Crippen LogP) is 2.83. The fourth-order valence-corrected chi connectivity index (χ4v) is 2.74. The van der Waals surface area contributed by atoms with Crippen LogP contribution in [0.25, 0.3) is 11.3 Å². The smallest absolute Gasteiger partial charge is 0.251 e. The normalized spacial score (nSPS) is 13.9. The van der Waals surface area contributed by atoms with Crippen LogP contribution in [-0.2, 0) is 0 Å². The first-order valence-corrected chi connectivity index (χ1v) is 8.46. The Bertz CT molecular complexity index is 943. The van der Waals surface area contributed by atoms with Gasteiger partial charge in [-0.25, -0.2) is 15.0 Å². The van der Waals surface area contributed by atoms with Crippen molar-refractivity contribution in [3.63, 3.8) is 0 Å². The van der Waals surface area contributed by atoms with Crippen LogP contribution in [0, 0.1) is 0 Å². The van der Waals surface area contributed by atoms with Gasteiger partial charge in [0.1, 0.15) is 5.82 Å². The van der Waals surface area contributed by atoms with E-state index in [1.807, 2.05) is 30.3 Å². The SMILES string of the molecule is O=C1NCCCNc2cc(ccn2)-c2ccnc(n2)Nc2cccc1c2. The van der Waals surface area contributed by atoms with Gasteiger partial charge in [0.05, 0.1) is 5.69 Å². The highest BCUT2D eigenvalue weighted by molar-refractivity contribution is 5.95. The molecule has 1 amide bonds. The maximum Gasteiger partial charge on any atom is 0.251 e. The Labute approximate surface area is 150 Å². The summed E-state index contributed by atoms with van der Waals surface area (Å²) in [6.07, 6.45) is 4.26. The lowest BCUT2D eigenvalue weighted by atomic mass is 10.1. The van der Waals surface area contributed by atoms with Gasteiger partial charge in [0.25, 0.3) is 5.91 Å². The molecule has 0 saturated heterocycles. The lowest BCUT2D eigenvalue weighted by Gasteiger charge is -2.11. The molecule has 2 aromatic heterocycles. The zero-order valence-electron chi connectivity index (χ0n) is 14.1. The van der Waals surface area contributed by atoms with Crippen molar-refractivity contribution in [2.24, 2.45) is 0 Å². The van der Waals surface area contributed by atoms with Crippen LogP contribution < -0.4 is 16.0 Å². The third-order valence-corrected chi connectivity index (χ3v) is 4.04. The first kappa shape index (κ1) is 16.0. The van der Waals surface area contributed by atoms with Crippen LogP contribution in [-0.4, -0.2) is 33.9 Å². The molecule has 7 heteroatoms. The molecule has 0 saturated carbocycles. The molecule has 0 radical (unpaired) electrons. The van der Waals surface area contributed by atoms with Crippen LogP contribution >= 0.6 is 0 Å². The summed E-state index contributed by atoms with van der Waals surface area (Å²) in [5, 5.41) is 9.36. The van der Waals surface area contributed by atoms with Crippen LogP contribution in [0.15, 0.2) is 54.9 Å². The second-order valence-electron chi connectivity index (χ2n) is 5.94. The average Bonchev–Trinajstić information content (AvgIpc) is 2.68. The molecule has 0 aliphatic carbocycles. The number of aromatic nitrogens is 3. The third kappa shape index (κ3) is 3.61. The predicted molar refractivity (Wildman–Crippen MR) is 100 cm³/mol. The Kier molecular flexibility index (Phi) is 4.42. The van der Waals surface area contributed by atoms with Crippen molar-refractivity contribution in [1.82, 2.24) is 20.3 Å². The summed E-state index contributed by atoms with van der Waals surface area (Å²) in [4.78, 5) is 25.5. The molecule has 6 bridgehead atoms. The molecule has 3 aromatic rings. The number of nitrogens with zero attached hydrogens (tertiary/aromatic N) is 3. The highest BCUT2D eigenvalue weighted by Gasteiger charge is 2.09. The number of pyridine rings is 1. The number of anilines is 3. The van der Waals surface area contributed by atoms with E-state index in [1.54, 1.807) is 24.5 Å². The number of carbonyl (C=O) groups excluding carboxylic acids is 1. The molecule has 1 aliphatic rings. The van der Waals surface area contributed by atoms with Gasteiger partial charge >= 0.3 is 0 Å². The Hall–Kier alpha value is -3.48. The molecule has 1 aliphatic heterocycles. The summed E-state index contributed by atoms with van der Waals surface area (Å²) in [5.41, 5.74) is 3.12. The maximum absolute atomic E-state index is 12.3. The standard InChI is InChI=1S/C19H18N6O/c26-18-14-3-1-4-15(11-14)24-19-23-10-6-16(25-19)13-5-9-21-17(12-13)20-7-2-8-22-18/h1,3-6,9-12H,2,7-8H2,(H,20,21)(H,22,26)(H,23,24,25). The average molecular weight is 346 g/mol. The van der Waals surface area contributed by atoms with Gasteiger partial charge < -0.3 is 16.0 Å². The molecule has 1 aromatic carbocycles. The van der Waals surface area contributed by atoms with Gasteiger partial charge in [0.2, 0.25) is 5.95 Å². The molecule has 0 atom stereocenters. The minimum Gasteiger partial charge on any atom is -0.370 e. The van der Waals surface area contributed by atoms with Crippen molar-refractivity contribution in [3.8, 4) is 11.3 Å². The fraction of sp³-hybridized carbons (Fsp3) is 0.158. The highest BCUT2D eigenvalue weighted by atomic mass is 16.1.